The molecule has 0 unspecified atom stereocenters. The highest BCUT2D eigenvalue weighted by Crippen LogP contribution is 2.29. The third-order valence-electron chi connectivity index (χ3n) is 4.09. The lowest BCUT2D eigenvalue weighted by Crippen LogP contribution is -2.36. The minimum atomic E-state index is -0.117. The van der Waals surface area contributed by atoms with Crippen LogP contribution >= 0.6 is 0 Å². The molecule has 1 atom stereocenters. The summed E-state index contributed by atoms with van der Waals surface area (Å²) in [5.41, 5.74) is 0.699. The summed E-state index contributed by atoms with van der Waals surface area (Å²) in [6.07, 6.45) is 1.95. The SMILES string of the molecule is COc1cc(OC)nc(N2CCC[C@@H](c3cc(=O)[nH]c(C)n3)C2)n1. The molecule has 0 spiro atoms. The Morgan fingerprint density at radius 1 is 1.17 bits per heavy atom. The van der Waals surface area contributed by atoms with E-state index in [0.29, 0.717) is 30.1 Å². The lowest BCUT2D eigenvalue weighted by atomic mass is 9.94. The van der Waals surface area contributed by atoms with Crippen molar-refractivity contribution in [2.75, 3.05) is 32.2 Å². The number of aryl methyl sites for hydroxylation is 1. The third-order valence-corrected chi connectivity index (χ3v) is 4.09. The number of ether oxygens (including phenoxy) is 2. The van der Waals surface area contributed by atoms with Crippen molar-refractivity contribution in [1.29, 1.82) is 0 Å². The molecule has 8 nitrogen and oxygen atoms in total. The van der Waals surface area contributed by atoms with E-state index in [1.54, 1.807) is 33.3 Å². The molecule has 1 saturated heterocycles. The largest absolute Gasteiger partial charge is 0.481 e. The number of anilines is 1. The molecule has 8 heteroatoms. The van der Waals surface area contributed by atoms with Crippen LogP contribution in [0.5, 0.6) is 11.8 Å². The molecule has 0 radical (unpaired) electrons. The fourth-order valence-electron chi connectivity index (χ4n) is 2.95. The predicted octanol–water partition coefficient (Wildman–Crippen LogP) is 1.27. The van der Waals surface area contributed by atoms with Gasteiger partial charge in [-0.05, 0) is 19.8 Å². The summed E-state index contributed by atoms with van der Waals surface area (Å²) in [6, 6.07) is 3.22. The molecule has 0 saturated carbocycles. The molecule has 3 rings (SSSR count). The van der Waals surface area contributed by atoms with Crippen LogP contribution in [0.15, 0.2) is 16.9 Å². The van der Waals surface area contributed by atoms with E-state index < -0.39 is 0 Å². The van der Waals surface area contributed by atoms with Crippen molar-refractivity contribution in [3.63, 3.8) is 0 Å². The smallest absolute Gasteiger partial charge is 0.251 e. The highest BCUT2D eigenvalue weighted by molar-refractivity contribution is 5.38. The highest BCUT2D eigenvalue weighted by atomic mass is 16.5. The van der Waals surface area contributed by atoms with Crippen molar-refractivity contribution in [2.24, 2.45) is 0 Å². The van der Waals surface area contributed by atoms with E-state index in [9.17, 15) is 4.79 Å². The minimum Gasteiger partial charge on any atom is -0.481 e. The first-order valence-corrected chi connectivity index (χ1v) is 7.89. The van der Waals surface area contributed by atoms with Gasteiger partial charge in [-0.1, -0.05) is 0 Å². The second kappa shape index (κ2) is 6.86. The van der Waals surface area contributed by atoms with Gasteiger partial charge in [-0.15, -0.1) is 0 Å². The van der Waals surface area contributed by atoms with E-state index in [4.69, 9.17) is 9.47 Å². The molecule has 1 N–H and O–H groups in total. The van der Waals surface area contributed by atoms with Gasteiger partial charge in [0.2, 0.25) is 17.7 Å². The van der Waals surface area contributed by atoms with E-state index >= 15 is 0 Å². The second-order valence-electron chi connectivity index (χ2n) is 5.79. The molecule has 0 amide bonds. The van der Waals surface area contributed by atoms with Gasteiger partial charge in [-0.3, -0.25) is 4.79 Å². The topological polar surface area (TPSA) is 93.2 Å². The summed E-state index contributed by atoms with van der Waals surface area (Å²) in [5.74, 6) is 2.29. The standard InChI is InChI=1S/C16H21N5O3/c1-10-17-12(7-13(22)18-10)11-5-4-6-21(9-11)16-19-14(23-2)8-15(20-16)24-3/h7-8,11H,4-6,9H2,1-3H3,(H,17,18,22)/t11-/m1/s1. The number of nitrogens with one attached hydrogen (secondary N) is 1. The number of rotatable bonds is 4. The normalized spacial score (nSPS) is 17.6. The summed E-state index contributed by atoms with van der Waals surface area (Å²) in [7, 11) is 3.13. The van der Waals surface area contributed by atoms with Crippen LogP contribution < -0.4 is 19.9 Å². The summed E-state index contributed by atoms with van der Waals surface area (Å²) in [4.78, 5) is 29.8. The first-order chi connectivity index (χ1) is 11.6. The van der Waals surface area contributed by atoms with Crippen LogP contribution in [0, 0.1) is 6.92 Å². The second-order valence-corrected chi connectivity index (χ2v) is 5.79. The Morgan fingerprint density at radius 2 is 1.88 bits per heavy atom. The van der Waals surface area contributed by atoms with Crippen LogP contribution in [0.2, 0.25) is 0 Å². The Bertz CT molecular complexity index is 754. The van der Waals surface area contributed by atoms with E-state index in [1.807, 2.05) is 0 Å². The van der Waals surface area contributed by atoms with Gasteiger partial charge in [-0.2, -0.15) is 9.97 Å². The number of piperidine rings is 1. The van der Waals surface area contributed by atoms with E-state index in [2.05, 4.69) is 24.8 Å². The van der Waals surface area contributed by atoms with Crippen molar-refractivity contribution in [1.82, 2.24) is 19.9 Å². The number of hydrogen-bond acceptors (Lipinski definition) is 7. The van der Waals surface area contributed by atoms with Crippen molar-refractivity contribution < 1.29 is 9.47 Å². The van der Waals surface area contributed by atoms with Gasteiger partial charge < -0.3 is 19.4 Å². The van der Waals surface area contributed by atoms with E-state index in [-0.39, 0.29) is 11.5 Å². The summed E-state index contributed by atoms with van der Waals surface area (Å²) >= 11 is 0. The Morgan fingerprint density at radius 3 is 2.50 bits per heavy atom. The van der Waals surface area contributed by atoms with Crippen LogP contribution in [0.1, 0.15) is 30.3 Å². The number of nitrogens with zero attached hydrogens (tertiary/aromatic N) is 4. The maximum atomic E-state index is 11.7. The molecular formula is C16H21N5O3. The monoisotopic (exact) mass is 331 g/mol. The molecule has 2 aromatic heterocycles. The Kier molecular flexibility index (Phi) is 4.64. The zero-order valence-electron chi connectivity index (χ0n) is 14.1. The van der Waals surface area contributed by atoms with Gasteiger partial charge in [0.25, 0.3) is 5.56 Å². The molecule has 1 aliphatic rings. The zero-order chi connectivity index (χ0) is 17.1. The first kappa shape index (κ1) is 16.2. The maximum Gasteiger partial charge on any atom is 0.251 e. The van der Waals surface area contributed by atoms with Crippen LogP contribution in [-0.4, -0.2) is 47.2 Å². The molecule has 128 valence electrons. The van der Waals surface area contributed by atoms with Crippen LogP contribution in [0.4, 0.5) is 5.95 Å². The predicted molar refractivity (Wildman–Crippen MR) is 88.9 cm³/mol. The van der Waals surface area contributed by atoms with Gasteiger partial charge in [0.1, 0.15) is 5.82 Å². The van der Waals surface area contributed by atoms with Gasteiger partial charge >= 0.3 is 0 Å². The fourth-order valence-corrected chi connectivity index (χ4v) is 2.95. The summed E-state index contributed by atoms with van der Waals surface area (Å²) in [5, 5.41) is 0. The van der Waals surface area contributed by atoms with Crippen molar-refractivity contribution >= 4 is 5.95 Å². The minimum absolute atomic E-state index is 0.117. The number of hydrogen-bond donors (Lipinski definition) is 1. The van der Waals surface area contributed by atoms with Crippen molar-refractivity contribution in [3.05, 3.63) is 34.0 Å². The molecule has 3 heterocycles. The molecular weight excluding hydrogens is 310 g/mol. The summed E-state index contributed by atoms with van der Waals surface area (Å²) in [6.45, 7) is 3.34. The molecule has 1 aliphatic heterocycles. The quantitative estimate of drug-likeness (QED) is 0.901. The molecule has 24 heavy (non-hydrogen) atoms. The summed E-state index contributed by atoms with van der Waals surface area (Å²) < 4.78 is 10.4. The number of methoxy groups -OCH3 is 2. The fraction of sp³-hybridized carbons (Fsp3) is 0.500. The Hall–Kier alpha value is -2.64. The third kappa shape index (κ3) is 3.47. The van der Waals surface area contributed by atoms with Crippen molar-refractivity contribution in [3.8, 4) is 11.8 Å². The molecule has 0 aromatic carbocycles. The van der Waals surface area contributed by atoms with Crippen LogP contribution in [0.3, 0.4) is 0 Å². The average Bonchev–Trinajstić information content (AvgIpc) is 2.60. The maximum absolute atomic E-state index is 11.7. The van der Waals surface area contributed by atoms with Gasteiger partial charge in [-0.25, -0.2) is 4.98 Å². The highest BCUT2D eigenvalue weighted by Gasteiger charge is 2.25. The molecule has 1 fully saturated rings. The van der Waals surface area contributed by atoms with Gasteiger partial charge in [0, 0.05) is 25.1 Å². The number of aromatic nitrogens is 4. The van der Waals surface area contributed by atoms with Crippen molar-refractivity contribution in [2.45, 2.75) is 25.7 Å². The Balaban J connectivity index is 1.86. The van der Waals surface area contributed by atoms with Gasteiger partial charge in [0.15, 0.2) is 0 Å². The lowest BCUT2D eigenvalue weighted by Gasteiger charge is -2.32. The molecule has 0 bridgehead atoms. The average molecular weight is 331 g/mol. The van der Waals surface area contributed by atoms with E-state index in [1.165, 1.54) is 0 Å². The van der Waals surface area contributed by atoms with Crippen LogP contribution in [-0.2, 0) is 0 Å². The molecule has 2 aromatic rings. The van der Waals surface area contributed by atoms with Gasteiger partial charge in [0.05, 0.1) is 26.0 Å². The zero-order valence-corrected chi connectivity index (χ0v) is 14.1. The number of aromatic amines is 1. The number of H-pyrrole nitrogens is 1. The van der Waals surface area contributed by atoms with Crippen LogP contribution in [0.25, 0.3) is 0 Å². The molecule has 0 aliphatic carbocycles. The Labute approximate surface area is 139 Å². The first-order valence-electron chi connectivity index (χ1n) is 7.89. The van der Waals surface area contributed by atoms with E-state index in [0.717, 1.165) is 25.1 Å². The lowest BCUT2D eigenvalue weighted by molar-refractivity contribution is 0.370.